The third-order valence-electron chi connectivity index (χ3n) is 5.35. The van der Waals surface area contributed by atoms with Gasteiger partial charge in [0.15, 0.2) is 5.11 Å². The first-order chi connectivity index (χ1) is 15.4. The summed E-state index contributed by atoms with van der Waals surface area (Å²) >= 11 is 11.3. The Bertz CT molecular complexity index is 1480. The normalized spacial score (nSPS) is 15.6. The maximum atomic E-state index is 13.4. The highest BCUT2D eigenvalue weighted by Crippen LogP contribution is 2.30. The highest BCUT2D eigenvalue weighted by molar-refractivity contribution is 7.80. The number of para-hydroxylation sites is 1. The molecule has 32 heavy (non-hydrogen) atoms. The smallest absolute Gasteiger partial charge is 0.270 e. The molecule has 0 atom stereocenters. The van der Waals surface area contributed by atoms with Gasteiger partial charge >= 0.3 is 0 Å². The first kappa shape index (κ1) is 20.3. The van der Waals surface area contributed by atoms with Crippen LogP contribution in [0.3, 0.4) is 0 Å². The Hall–Kier alpha value is -3.61. The van der Waals surface area contributed by atoms with E-state index in [2.05, 4.69) is 5.32 Å². The number of anilines is 1. The van der Waals surface area contributed by atoms with Gasteiger partial charge in [-0.1, -0.05) is 41.4 Å². The molecule has 0 bridgehead atoms. The van der Waals surface area contributed by atoms with Crippen molar-refractivity contribution in [2.45, 2.75) is 6.92 Å². The van der Waals surface area contributed by atoms with Crippen LogP contribution in [-0.2, 0) is 9.59 Å². The minimum Gasteiger partial charge on any atom is -0.298 e. The first-order valence-corrected chi connectivity index (χ1v) is 10.7. The minimum absolute atomic E-state index is 0.00675. The highest BCUT2D eigenvalue weighted by Gasteiger charge is 2.34. The van der Waals surface area contributed by atoms with Gasteiger partial charge in [0.05, 0.1) is 16.7 Å². The van der Waals surface area contributed by atoms with Gasteiger partial charge in [-0.15, -0.1) is 0 Å². The molecule has 1 aliphatic rings. The van der Waals surface area contributed by atoms with Crippen LogP contribution in [0.2, 0.25) is 5.02 Å². The zero-order valence-electron chi connectivity index (χ0n) is 16.9. The van der Waals surface area contributed by atoms with Crippen LogP contribution in [0.25, 0.3) is 27.9 Å². The molecule has 3 aromatic carbocycles. The van der Waals surface area contributed by atoms with Crippen molar-refractivity contribution >= 4 is 74.3 Å². The number of hydrogen-bond acceptors (Lipinski definition) is 4. The molecule has 156 valence electrons. The number of hydrogen-bond donors (Lipinski definition) is 1. The molecule has 0 radical (unpaired) electrons. The predicted molar refractivity (Wildman–Crippen MR) is 132 cm³/mol. The first-order valence-electron chi connectivity index (χ1n) is 9.88. The van der Waals surface area contributed by atoms with Crippen LogP contribution in [0.15, 0.2) is 72.3 Å². The number of nitrogens with zero attached hydrogens (tertiary/aromatic N) is 2. The Morgan fingerprint density at radius 1 is 0.969 bits per heavy atom. The minimum atomic E-state index is -0.535. The largest absolute Gasteiger partial charge is 0.298 e. The predicted octanol–water partition coefficient (Wildman–Crippen LogP) is 5.18. The van der Waals surface area contributed by atoms with Gasteiger partial charge in [0, 0.05) is 15.8 Å². The number of nitrogens with one attached hydrogen (secondary N) is 1. The van der Waals surface area contributed by atoms with E-state index in [4.69, 9.17) is 28.8 Å². The van der Waals surface area contributed by atoms with Crippen molar-refractivity contribution in [2.24, 2.45) is 0 Å². The number of fused-ring (bicyclic) bond motifs is 2. The van der Waals surface area contributed by atoms with Gasteiger partial charge in [-0.25, -0.2) is 4.98 Å². The van der Waals surface area contributed by atoms with E-state index >= 15 is 0 Å². The average molecular weight is 458 g/mol. The molecule has 2 amide bonds. The SMILES string of the molecule is Cc1ccc2nc3ccccc3c(C=C3C(=O)NC(=S)N(c4ccc(Cl)cc4)C3=O)c2c1. The summed E-state index contributed by atoms with van der Waals surface area (Å²) in [6, 6.07) is 20.3. The van der Waals surface area contributed by atoms with Gasteiger partial charge in [-0.05, 0) is 73.2 Å². The van der Waals surface area contributed by atoms with Gasteiger partial charge in [-0.2, -0.15) is 0 Å². The number of aromatic nitrogens is 1. The summed E-state index contributed by atoms with van der Waals surface area (Å²) in [4.78, 5) is 32.3. The molecule has 0 unspecified atom stereocenters. The van der Waals surface area contributed by atoms with Crippen molar-refractivity contribution in [3.8, 4) is 0 Å². The molecule has 1 saturated heterocycles. The van der Waals surface area contributed by atoms with Gasteiger partial charge < -0.3 is 0 Å². The molecular formula is C25H16ClN3O2S. The van der Waals surface area contributed by atoms with Gasteiger partial charge in [0.25, 0.3) is 11.8 Å². The molecule has 0 spiro atoms. The van der Waals surface area contributed by atoms with Crippen LogP contribution in [0.5, 0.6) is 0 Å². The molecule has 1 aliphatic heterocycles. The Kier molecular flexibility index (Phi) is 4.96. The second kappa shape index (κ2) is 7.82. The quantitative estimate of drug-likeness (QED) is 0.195. The van der Waals surface area contributed by atoms with Crippen molar-refractivity contribution in [3.05, 3.63) is 88.5 Å². The lowest BCUT2D eigenvalue weighted by atomic mass is 9.98. The van der Waals surface area contributed by atoms with Crippen LogP contribution in [0, 0.1) is 6.92 Å². The molecule has 1 aromatic heterocycles. The van der Waals surface area contributed by atoms with Crippen molar-refractivity contribution in [3.63, 3.8) is 0 Å². The topological polar surface area (TPSA) is 62.3 Å². The maximum absolute atomic E-state index is 13.4. The summed E-state index contributed by atoms with van der Waals surface area (Å²) in [7, 11) is 0. The summed E-state index contributed by atoms with van der Waals surface area (Å²) in [6.07, 6.45) is 1.63. The summed E-state index contributed by atoms with van der Waals surface area (Å²) in [5, 5.41) is 4.91. The Morgan fingerprint density at radius 2 is 1.69 bits per heavy atom. The van der Waals surface area contributed by atoms with Crippen molar-refractivity contribution in [2.75, 3.05) is 4.90 Å². The number of aryl methyl sites for hydroxylation is 1. The standard InChI is InChI=1S/C25H16ClN3O2S/c1-14-6-11-22-19(12-14)18(17-4-2-3-5-21(17)27-22)13-20-23(30)28-25(32)29(24(20)31)16-9-7-15(26)8-10-16/h2-13H,1H3,(H,28,30,32). The summed E-state index contributed by atoms with van der Waals surface area (Å²) in [6.45, 7) is 1.99. The number of pyridine rings is 1. The fourth-order valence-corrected chi connectivity index (χ4v) is 4.23. The number of thiocarbonyl (C=S) groups is 1. The fraction of sp³-hybridized carbons (Fsp3) is 0.0400. The van der Waals surface area contributed by atoms with Crippen LogP contribution in [0.1, 0.15) is 11.1 Å². The summed E-state index contributed by atoms with van der Waals surface area (Å²) in [5.74, 6) is -1.03. The van der Waals surface area contributed by atoms with E-state index in [1.54, 1.807) is 30.3 Å². The summed E-state index contributed by atoms with van der Waals surface area (Å²) < 4.78 is 0. The lowest BCUT2D eigenvalue weighted by Gasteiger charge is -2.29. The van der Waals surface area contributed by atoms with Crippen LogP contribution >= 0.6 is 23.8 Å². The third-order valence-corrected chi connectivity index (χ3v) is 5.89. The van der Waals surface area contributed by atoms with Crippen LogP contribution in [0.4, 0.5) is 5.69 Å². The average Bonchev–Trinajstić information content (AvgIpc) is 2.77. The lowest BCUT2D eigenvalue weighted by molar-refractivity contribution is -0.122. The number of halogens is 1. The molecule has 5 nitrogen and oxygen atoms in total. The van der Waals surface area contributed by atoms with E-state index in [0.29, 0.717) is 10.7 Å². The second-order valence-corrected chi connectivity index (χ2v) is 8.32. The van der Waals surface area contributed by atoms with Crippen LogP contribution in [-0.4, -0.2) is 21.9 Å². The van der Waals surface area contributed by atoms with Gasteiger partial charge in [0.2, 0.25) is 0 Å². The summed E-state index contributed by atoms with van der Waals surface area (Å²) in [5.41, 5.74) is 3.90. The number of carbonyl (C=O) groups is 2. The van der Waals surface area contributed by atoms with Crippen molar-refractivity contribution < 1.29 is 9.59 Å². The van der Waals surface area contributed by atoms with E-state index in [-0.39, 0.29) is 10.7 Å². The molecule has 5 rings (SSSR count). The zero-order chi connectivity index (χ0) is 22.4. The number of amides is 2. The third kappa shape index (κ3) is 3.43. The van der Waals surface area contributed by atoms with E-state index in [0.717, 1.165) is 32.9 Å². The van der Waals surface area contributed by atoms with E-state index < -0.39 is 11.8 Å². The highest BCUT2D eigenvalue weighted by atomic mass is 35.5. The van der Waals surface area contributed by atoms with Crippen molar-refractivity contribution in [1.29, 1.82) is 0 Å². The number of carbonyl (C=O) groups excluding carboxylic acids is 2. The Morgan fingerprint density at radius 3 is 2.47 bits per heavy atom. The van der Waals surface area contributed by atoms with E-state index in [1.807, 2.05) is 49.4 Å². The number of rotatable bonds is 2. The number of benzene rings is 3. The van der Waals surface area contributed by atoms with Gasteiger partial charge in [-0.3, -0.25) is 19.8 Å². The maximum Gasteiger partial charge on any atom is 0.270 e. The molecule has 4 aromatic rings. The molecule has 0 saturated carbocycles. The van der Waals surface area contributed by atoms with Crippen molar-refractivity contribution in [1.82, 2.24) is 10.3 Å². The van der Waals surface area contributed by atoms with E-state index in [9.17, 15) is 9.59 Å². The molecule has 2 heterocycles. The molecular weight excluding hydrogens is 442 g/mol. The zero-order valence-corrected chi connectivity index (χ0v) is 18.5. The molecule has 0 aliphatic carbocycles. The Balaban J connectivity index is 1.73. The molecule has 1 fully saturated rings. The second-order valence-electron chi connectivity index (χ2n) is 7.50. The molecule has 1 N–H and O–H groups in total. The van der Waals surface area contributed by atoms with Gasteiger partial charge in [0.1, 0.15) is 5.57 Å². The fourth-order valence-electron chi connectivity index (χ4n) is 3.82. The Labute approximate surface area is 194 Å². The molecule has 7 heteroatoms. The van der Waals surface area contributed by atoms with E-state index in [1.165, 1.54) is 4.90 Å². The monoisotopic (exact) mass is 457 g/mol. The van der Waals surface area contributed by atoms with Crippen LogP contribution < -0.4 is 10.2 Å². The lowest BCUT2D eigenvalue weighted by Crippen LogP contribution is -2.54.